The molecule has 7 heteroatoms. The van der Waals surface area contributed by atoms with Crippen LogP contribution in [0.4, 0.5) is 5.69 Å². The van der Waals surface area contributed by atoms with E-state index in [4.69, 9.17) is 4.74 Å². The van der Waals surface area contributed by atoms with Gasteiger partial charge in [0.1, 0.15) is 5.75 Å². The summed E-state index contributed by atoms with van der Waals surface area (Å²) in [5, 5.41) is 3.14. The molecule has 168 valence electrons. The third kappa shape index (κ3) is 5.58. The van der Waals surface area contributed by atoms with E-state index < -0.39 is 10.0 Å². The van der Waals surface area contributed by atoms with Crippen LogP contribution >= 0.6 is 0 Å². The van der Waals surface area contributed by atoms with Gasteiger partial charge < -0.3 is 10.1 Å². The molecule has 0 heterocycles. The van der Waals surface area contributed by atoms with E-state index in [-0.39, 0.29) is 24.9 Å². The van der Waals surface area contributed by atoms with Crippen molar-refractivity contribution in [3.05, 3.63) is 58.7 Å². The Labute approximate surface area is 185 Å². The quantitative estimate of drug-likeness (QED) is 0.666. The lowest BCUT2D eigenvalue weighted by Crippen LogP contribution is -2.34. The van der Waals surface area contributed by atoms with Crippen molar-refractivity contribution in [3.63, 3.8) is 0 Å². The number of methoxy groups -OCH3 is 1. The highest BCUT2D eigenvalue weighted by molar-refractivity contribution is 7.92. The number of nitrogens with one attached hydrogen (secondary N) is 1. The number of hydrogen-bond donors (Lipinski definition) is 1. The van der Waals surface area contributed by atoms with Crippen LogP contribution in [0, 0.1) is 13.8 Å². The molecule has 3 rings (SSSR count). The van der Waals surface area contributed by atoms with Gasteiger partial charge in [-0.2, -0.15) is 0 Å². The van der Waals surface area contributed by atoms with Crippen molar-refractivity contribution in [1.82, 2.24) is 5.32 Å². The van der Waals surface area contributed by atoms with Crippen molar-refractivity contribution in [2.75, 3.05) is 24.2 Å². The third-order valence-corrected chi connectivity index (χ3v) is 7.19. The third-order valence-electron chi connectivity index (χ3n) is 6.01. The van der Waals surface area contributed by atoms with Gasteiger partial charge in [0, 0.05) is 13.0 Å². The summed E-state index contributed by atoms with van der Waals surface area (Å²) in [6.07, 6.45) is 4.84. The topological polar surface area (TPSA) is 75.7 Å². The Morgan fingerprint density at radius 2 is 2.00 bits per heavy atom. The van der Waals surface area contributed by atoms with Gasteiger partial charge in [-0.05, 0) is 80.0 Å². The predicted octanol–water partition coefficient (Wildman–Crippen LogP) is 4.05. The van der Waals surface area contributed by atoms with Gasteiger partial charge in [-0.3, -0.25) is 9.10 Å². The lowest BCUT2D eigenvalue weighted by Gasteiger charge is -2.27. The second-order valence-electron chi connectivity index (χ2n) is 8.23. The number of amides is 1. The lowest BCUT2D eigenvalue weighted by molar-refractivity contribution is -0.122. The predicted molar refractivity (Wildman–Crippen MR) is 124 cm³/mol. The number of rotatable bonds is 8. The Hall–Kier alpha value is -2.54. The number of sulfonamides is 1. The molecule has 0 bridgehead atoms. The minimum Gasteiger partial charge on any atom is -0.497 e. The first-order chi connectivity index (χ1) is 14.7. The summed E-state index contributed by atoms with van der Waals surface area (Å²) in [5.41, 5.74) is 5.02. The number of ether oxygens (including phenoxy) is 1. The standard InChI is InChI=1S/C24H32N2O4S/c1-17-8-5-11-23(18(17)2)26(31(4,28)29)15-7-12-24(27)25-22-10-6-9-19-16-20(30-3)13-14-21(19)22/h5,8,11,13-14,16,22H,6-7,9-10,12,15H2,1-4H3,(H,25,27). The number of benzene rings is 2. The second kappa shape index (κ2) is 9.73. The highest BCUT2D eigenvalue weighted by Crippen LogP contribution is 2.32. The molecule has 0 saturated carbocycles. The van der Waals surface area contributed by atoms with E-state index in [0.29, 0.717) is 12.1 Å². The molecule has 0 radical (unpaired) electrons. The second-order valence-corrected chi connectivity index (χ2v) is 10.1. The Kier molecular flexibility index (Phi) is 7.26. The Morgan fingerprint density at radius 3 is 2.71 bits per heavy atom. The fraction of sp³-hybridized carbons (Fsp3) is 0.458. The summed E-state index contributed by atoms with van der Waals surface area (Å²) in [5.74, 6) is 0.779. The van der Waals surface area contributed by atoms with Crippen LogP contribution in [-0.4, -0.2) is 34.2 Å². The molecule has 6 nitrogen and oxygen atoms in total. The number of anilines is 1. The monoisotopic (exact) mass is 444 g/mol. The zero-order chi connectivity index (χ0) is 22.6. The van der Waals surface area contributed by atoms with Crippen molar-refractivity contribution in [1.29, 1.82) is 0 Å². The molecule has 1 unspecified atom stereocenters. The maximum Gasteiger partial charge on any atom is 0.232 e. The first kappa shape index (κ1) is 23.1. The van der Waals surface area contributed by atoms with Gasteiger partial charge in [-0.15, -0.1) is 0 Å². The Morgan fingerprint density at radius 1 is 1.23 bits per heavy atom. The molecule has 2 aromatic rings. The van der Waals surface area contributed by atoms with Crippen LogP contribution in [0.3, 0.4) is 0 Å². The molecule has 1 amide bonds. The number of nitrogens with zero attached hydrogens (tertiary/aromatic N) is 1. The van der Waals surface area contributed by atoms with E-state index in [1.165, 1.54) is 16.1 Å². The lowest BCUT2D eigenvalue weighted by atomic mass is 9.87. The molecule has 0 fully saturated rings. The zero-order valence-electron chi connectivity index (χ0n) is 18.8. The minimum atomic E-state index is -3.44. The number of aryl methyl sites for hydroxylation is 2. The molecular weight excluding hydrogens is 412 g/mol. The maximum absolute atomic E-state index is 12.6. The molecule has 0 spiro atoms. The maximum atomic E-state index is 12.6. The van der Waals surface area contributed by atoms with Gasteiger partial charge >= 0.3 is 0 Å². The molecule has 0 aromatic heterocycles. The molecule has 1 N–H and O–H groups in total. The van der Waals surface area contributed by atoms with Crippen LogP contribution in [0.5, 0.6) is 5.75 Å². The van der Waals surface area contributed by atoms with Crippen LogP contribution in [0.25, 0.3) is 0 Å². The van der Waals surface area contributed by atoms with Crippen molar-refractivity contribution in [2.24, 2.45) is 0 Å². The first-order valence-electron chi connectivity index (χ1n) is 10.7. The van der Waals surface area contributed by atoms with Crippen LogP contribution < -0.4 is 14.4 Å². The smallest absolute Gasteiger partial charge is 0.232 e. The molecule has 2 aromatic carbocycles. The molecule has 0 aliphatic heterocycles. The van der Waals surface area contributed by atoms with Crippen molar-refractivity contribution in [3.8, 4) is 5.75 Å². The highest BCUT2D eigenvalue weighted by Gasteiger charge is 2.23. The summed E-state index contributed by atoms with van der Waals surface area (Å²) < 4.78 is 31.5. The summed E-state index contributed by atoms with van der Waals surface area (Å²) >= 11 is 0. The highest BCUT2D eigenvalue weighted by atomic mass is 32.2. The number of carbonyl (C=O) groups is 1. The number of carbonyl (C=O) groups excluding carboxylic acids is 1. The first-order valence-corrected chi connectivity index (χ1v) is 12.6. The van der Waals surface area contributed by atoms with Crippen molar-refractivity contribution >= 4 is 21.6 Å². The van der Waals surface area contributed by atoms with Crippen molar-refractivity contribution < 1.29 is 17.9 Å². The summed E-state index contributed by atoms with van der Waals surface area (Å²) in [6.45, 7) is 4.16. The summed E-state index contributed by atoms with van der Waals surface area (Å²) in [7, 11) is -1.78. The largest absolute Gasteiger partial charge is 0.497 e. The molecular formula is C24H32N2O4S. The molecule has 1 aliphatic rings. The molecule has 1 aliphatic carbocycles. The summed E-state index contributed by atoms with van der Waals surface area (Å²) in [4.78, 5) is 12.6. The number of hydrogen-bond acceptors (Lipinski definition) is 4. The molecule has 31 heavy (non-hydrogen) atoms. The van der Waals surface area contributed by atoms with E-state index in [2.05, 4.69) is 5.32 Å². The van der Waals surface area contributed by atoms with Gasteiger partial charge in [0.05, 0.1) is 25.1 Å². The summed E-state index contributed by atoms with van der Waals surface area (Å²) in [6, 6.07) is 11.6. The minimum absolute atomic E-state index is 0.00724. The Balaban J connectivity index is 1.63. The van der Waals surface area contributed by atoms with Crippen LogP contribution in [-0.2, 0) is 21.2 Å². The van der Waals surface area contributed by atoms with Gasteiger partial charge in [0.15, 0.2) is 0 Å². The fourth-order valence-corrected chi connectivity index (χ4v) is 5.20. The van der Waals surface area contributed by atoms with E-state index >= 15 is 0 Å². The van der Waals surface area contributed by atoms with Crippen LogP contribution in [0.1, 0.15) is 54.0 Å². The zero-order valence-corrected chi connectivity index (χ0v) is 19.6. The fourth-order valence-electron chi connectivity index (χ4n) is 4.19. The van der Waals surface area contributed by atoms with Gasteiger partial charge in [0.25, 0.3) is 0 Å². The Bertz CT molecular complexity index is 1050. The van der Waals surface area contributed by atoms with Crippen LogP contribution in [0.2, 0.25) is 0 Å². The normalized spacial score (nSPS) is 15.8. The van der Waals surface area contributed by atoms with E-state index in [9.17, 15) is 13.2 Å². The van der Waals surface area contributed by atoms with Crippen LogP contribution in [0.15, 0.2) is 36.4 Å². The van der Waals surface area contributed by atoms with E-state index in [1.807, 2.05) is 50.2 Å². The van der Waals surface area contributed by atoms with E-state index in [0.717, 1.165) is 41.7 Å². The molecule has 1 atom stereocenters. The molecule has 0 saturated heterocycles. The van der Waals surface area contributed by atoms with Gasteiger partial charge in [0.2, 0.25) is 15.9 Å². The SMILES string of the molecule is COc1ccc2c(c1)CCCC2NC(=O)CCCN(c1cccc(C)c1C)S(C)(=O)=O. The van der Waals surface area contributed by atoms with Gasteiger partial charge in [-0.1, -0.05) is 18.2 Å². The average Bonchev–Trinajstić information content (AvgIpc) is 2.72. The van der Waals surface area contributed by atoms with Crippen molar-refractivity contribution in [2.45, 2.75) is 52.0 Å². The average molecular weight is 445 g/mol. The number of fused-ring (bicyclic) bond motifs is 1. The van der Waals surface area contributed by atoms with Gasteiger partial charge in [-0.25, -0.2) is 8.42 Å². The van der Waals surface area contributed by atoms with E-state index in [1.54, 1.807) is 7.11 Å².